The van der Waals surface area contributed by atoms with Gasteiger partial charge in [-0.3, -0.25) is 0 Å². The highest BCUT2D eigenvalue weighted by atomic mass is 16.5. The maximum absolute atomic E-state index is 5.87. The molecule has 2 atom stereocenters. The zero-order valence-corrected chi connectivity index (χ0v) is 13.7. The number of benzene rings is 2. The average Bonchev–Trinajstić information content (AvgIpc) is 2.55. The molecule has 22 heavy (non-hydrogen) atoms. The first kappa shape index (κ1) is 16.6. The fourth-order valence-electron chi connectivity index (χ4n) is 2.65. The van der Waals surface area contributed by atoms with Gasteiger partial charge in [-0.1, -0.05) is 49.4 Å². The zero-order valence-electron chi connectivity index (χ0n) is 13.7. The molecule has 0 saturated carbocycles. The molecule has 0 radical (unpaired) electrons. The summed E-state index contributed by atoms with van der Waals surface area (Å²) in [7, 11) is 0. The maximum Gasteiger partial charge on any atom is 0.119 e. The number of ether oxygens (including phenoxy) is 1. The van der Waals surface area contributed by atoms with Crippen molar-refractivity contribution in [1.29, 1.82) is 0 Å². The Morgan fingerprint density at radius 2 is 1.64 bits per heavy atom. The second-order valence-corrected chi connectivity index (χ2v) is 6.00. The summed E-state index contributed by atoms with van der Waals surface area (Å²) in [6.07, 6.45) is 3.38. The molecule has 2 rings (SSSR count). The van der Waals surface area contributed by atoms with Crippen LogP contribution in [0.1, 0.15) is 50.2 Å². The van der Waals surface area contributed by atoms with Crippen LogP contribution in [0.3, 0.4) is 0 Å². The molecule has 0 aliphatic heterocycles. The van der Waals surface area contributed by atoms with Crippen LogP contribution in [0.5, 0.6) is 5.75 Å². The van der Waals surface area contributed by atoms with E-state index in [4.69, 9.17) is 10.5 Å². The van der Waals surface area contributed by atoms with Crippen molar-refractivity contribution >= 4 is 0 Å². The Bertz CT molecular complexity index is 533. The average molecular weight is 297 g/mol. The molecule has 0 aromatic heterocycles. The van der Waals surface area contributed by atoms with E-state index in [1.54, 1.807) is 0 Å². The Balaban J connectivity index is 1.91. The number of hydrogen-bond donors (Lipinski definition) is 1. The predicted molar refractivity (Wildman–Crippen MR) is 93.1 cm³/mol. The van der Waals surface area contributed by atoms with E-state index in [0.717, 1.165) is 25.0 Å². The minimum atomic E-state index is 0.280. The largest absolute Gasteiger partial charge is 0.489 e. The summed E-state index contributed by atoms with van der Waals surface area (Å²) in [6.45, 7) is 4.93. The van der Waals surface area contributed by atoms with Gasteiger partial charge in [0.2, 0.25) is 0 Å². The number of nitrogens with two attached hydrogens (primary N) is 1. The quantitative estimate of drug-likeness (QED) is 0.753. The summed E-state index contributed by atoms with van der Waals surface area (Å²) in [6, 6.07) is 19.1. The van der Waals surface area contributed by atoms with E-state index < -0.39 is 0 Å². The lowest BCUT2D eigenvalue weighted by atomic mass is 9.90. The fourth-order valence-corrected chi connectivity index (χ4v) is 2.65. The van der Waals surface area contributed by atoms with E-state index in [-0.39, 0.29) is 6.04 Å². The highest BCUT2D eigenvalue weighted by molar-refractivity contribution is 5.30. The lowest BCUT2D eigenvalue weighted by Gasteiger charge is -2.17. The molecule has 0 aliphatic rings. The summed E-state index contributed by atoms with van der Waals surface area (Å²) < 4.78 is 5.84. The molecular weight excluding hydrogens is 270 g/mol. The second-order valence-electron chi connectivity index (χ2n) is 6.00. The first-order valence-corrected chi connectivity index (χ1v) is 8.21. The Hall–Kier alpha value is -1.80. The van der Waals surface area contributed by atoms with Crippen molar-refractivity contribution in [2.45, 2.75) is 51.7 Å². The van der Waals surface area contributed by atoms with Crippen LogP contribution in [-0.4, -0.2) is 6.04 Å². The summed E-state index contributed by atoms with van der Waals surface area (Å²) >= 11 is 0. The summed E-state index contributed by atoms with van der Waals surface area (Å²) in [5.74, 6) is 1.52. The van der Waals surface area contributed by atoms with Gasteiger partial charge >= 0.3 is 0 Å². The monoisotopic (exact) mass is 297 g/mol. The van der Waals surface area contributed by atoms with Crippen LogP contribution in [0.15, 0.2) is 54.6 Å². The molecule has 2 heteroatoms. The van der Waals surface area contributed by atoms with Crippen LogP contribution < -0.4 is 10.5 Å². The first-order chi connectivity index (χ1) is 10.7. The molecule has 2 unspecified atom stereocenters. The molecule has 118 valence electrons. The molecule has 0 heterocycles. The Morgan fingerprint density at radius 1 is 0.955 bits per heavy atom. The topological polar surface area (TPSA) is 35.2 Å². The van der Waals surface area contributed by atoms with E-state index in [1.807, 2.05) is 18.2 Å². The molecule has 2 N–H and O–H groups in total. The van der Waals surface area contributed by atoms with Crippen molar-refractivity contribution < 1.29 is 4.74 Å². The van der Waals surface area contributed by atoms with E-state index in [2.05, 4.69) is 50.2 Å². The van der Waals surface area contributed by atoms with Crippen LogP contribution in [0, 0.1) is 0 Å². The third-order valence-electron chi connectivity index (χ3n) is 4.06. The van der Waals surface area contributed by atoms with Crippen molar-refractivity contribution in [1.82, 2.24) is 0 Å². The molecule has 0 saturated heterocycles. The zero-order chi connectivity index (χ0) is 15.8. The highest BCUT2D eigenvalue weighted by Gasteiger charge is 2.10. The molecule has 0 amide bonds. The highest BCUT2D eigenvalue weighted by Crippen LogP contribution is 2.27. The van der Waals surface area contributed by atoms with Gasteiger partial charge in [0, 0.05) is 6.04 Å². The van der Waals surface area contributed by atoms with Crippen molar-refractivity contribution in [2.24, 2.45) is 5.73 Å². The Morgan fingerprint density at radius 3 is 2.23 bits per heavy atom. The predicted octanol–water partition coefficient (Wildman–Crippen LogP) is 4.89. The van der Waals surface area contributed by atoms with Crippen LogP contribution in [0.2, 0.25) is 0 Å². The second kappa shape index (κ2) is 8.60. The van der Waals surface area contributed by atoms with Gasteiger partial charge in [-0.05, 0) is 55.4 Å². The van der Waals surface area contributed by atoms with Crippen molar-refractivity contribution in [2.75, 3.05) is 0 Å². The number of rotatable bonds is 8. The van der Waals surface area contributed by atoms with Crippen molar-refractivity contribution in [3.63, 3.8) is 0 Å². The van der Waals surface area contributed by atoms with Gasteiger partial charge < -0.3 is 10.5 Å². The van der Waals surface area contributed by atoms with Gasteiger partial charge in [-0.2, -0.15) is 0 Å². The molecule has 2 aromatic rings. The van der Waals surface area contributed by atoms with Gasteiger partial charge in [0.05, 0.1) is 0 Å². The minimum absolute atomic E-state index is 0.280. The van der Waals surface area contributed by atoms with Crippen molar-refractivity contribution in [3.8, 4) is 5.75 Å². The Labute approximate surface area is 134 Å². The molecule has 0 fully saturated rings. The first-order valence-electron chi connectivity index (χ1n) is 8.21. The smallest absolute Gasteiger partial charge is 0.119 e. The molecule has 0 spiro atoms. The molecule has 0 bridgehead atoms. The van der Waals surface area contributed by atoms with Gasteiger partial charge in [-0.25, -0.2) is 0 Å². The molecule has 2 aromatic carbocycles. The van der Waals surface area contributed by atoms with E-state index >= 15 is 0 Å². The van der Waals surface area contributed by atoms with Gasteiger partial charge in [-0.15, -0.1) is 0 Å². The molecule has 0 aliphatic carbocycles. The van der Waals surface area contributed by atoms with E-state index in [1.165, 1.54) is 11.1 Å². The van der Waals surface area contributed by atoms with E-state index in [9.17, 15) is 0 Å². The standard InChI is InChI=1S/C20H27NO/c1-3-18(10-9-16(2)21)19-11-13-20(14-12-19)22-15-17-7-5-4-6-8-17/h4-8,11-14,16,18H,3,9-10,15,21H2,1-2H3. The maximum atomic E-state index is 5.87. The van der Waals surface area contributed by atoms with Gasteiger partial charge in [0.25, 0.3) is 0 Å². The van der Waals surface area contributed by atoms with Crippen LogP contribution in [0.4, 0.5) is 0 Å². The van der Waals surface area contributed by atoms with Crippen LogP contribution in [0.25, 0.3) is 0 Å². The third-order valence-corrected chi connectivity index (χ3v) is 4.06. The Kier molecular flexibility index (Phi) is 6.47. The minimum Gasteiger partial charge on any atom is -0.489 e. The normalized spacial score (nSPS) is 13.6. The summed E-state index contributed by atoms with van der Waals surface area (Å²) in [5.41, 5.74) is 8.45. The third kappa shape index (κ3) is 5.19. The summed E-state index contributed by atoms with van der Waals surface area (Å²) in [5, 5.41) is 0. The lowest BCUT2D eigenvalue weighted by Crippen LogP contribution is -2.15. The van der Waals surface area contributed by atoms with Gasteiger partial charge in [0.15, 0.2) is 0 Å². The molecule has 2 nitrogen and oxygen atoms in total. The lowest BCUT2D eigenvalue weighted by molar-refractivity contribution is 0.306. The van der Waals surface area contributed by atoms with Crippen LogP contribution >= 0.6 is 0 Å². The van der Waals surface area contributed by atoms with Gasteiger partial charge in [0.1, 0.15) is 12.4 Å². The van der Waals surface area contributed by atoms with E-state index in [0.29, 0.717) is 12.5 Å². The summed E-state index contributed by atoms with van der Waals surface area (Å²) in [4.78, 5) is 0. The van der Waals surface area contributed by atoms with Crippen LogP contribution in [-0.2, 0) is 6.61 Å². The SMILES string of the molecule is CCC(CCC(C)N)c1ccc(OCc2ccccc2)cc1. The molecular formula is C20H27NO. The number of hydrogen-bond acceptors (Lipinski definition) is 2. The fraction of sp³-hybridized carbons (Fsp3) is 0.400. The van der Waals surface area contributed by atoms with Crippen molar-refractivity contribution in [3.05, 3.63) is 65.7 Å².